The van der Waals surface area contributed by atoms with E-state index in [1.165, 1.54) is 24.1 Å². The number of aromatic nitrogens is 2. The molecule has 1 amide bonds. The van der Waals surface area contributed by atoms with Crippen LogP contribution in [-0.2, 0) is 11.3 Å². The normalized spacial score (nSPS) is 14.4. The van der Waals surface area contributed by atoms with Crippen molar-refractivity contribution in [1.82, 2.24) is 9.55 Å². The summed E-state index contributed by atoms with van der Waals surface area (Å²) in [6.45, 7) is 4.65. The molecule has 5 heteroatoms. The summed E-state index contributed by atoms with van der Waals surface area (Å²) in [5, 5.41) is 2.93. The standard InChI is InChI=1S/C16H20N4O/c1-13-10-14(4-5-15(13)20-7-2-3-8-20)18-16(21)11-19-9-6-17-12-19/h4-6,9-10,12H,2-3,7-8,11H2,1H3,(H,18,21). The van der Waals surface area contributed by atoms with E-state index < -0.39 is 0 Å². The van der Waals surface area contributed by atoms with Gasteiger partial charge < -0.3 is 14.8 Å². The molecule has 5 nitrogen and oxygen atoms in total. The number of nitrogens with one attached hydrogen (secondary N) is 1. The Morgan fingerprint density at radius 3 is 2.81 bits per heavy atom. The van der Waals surface area contributed by atoms with Gasteiger partial charge in [0, 0.05) is 36.9 Å². The maximum Gasteiger partial charge on any atom is 0.244 e. The van der Waals surface area contributed by atoms with E-state index in [4.69, 9.17) is 0 Å². The highest BCUT2D eigenvalue weighted by molar-refractivity contribution is 5.91. The fraction of sp³-hybridized carbons (Fsp3) is 0.375. The second-order valence-electron chi connectivity index (χ2n) is 5.48. The second-order valence-corrected chi connectivity index (χ2v) is 5.48. The highest BCUT2D eigenvalue weighted by Crippen LogP contribution is 2.26. The zero-order chi connectivity index (χ0) is 14.7. The summed E-state index contributed by atoms with van der Waals surface area (Å²) in [7, 11) is 0. The van der Waals surface area contributed by atoms with Gasteiger partial charge in [0.2, 0.25) is 5.91 Å². The molecule has 0 atom stereocenters. The topological polar surface area (TPSA) is 50.2 Å². The average Bonchev–Trinajstić information content (AvgIpc) is 3.11. The molecule has 1 aliphatic heterocycles. The Morgan fingerprint density at radius 2 is 2.14 bits per heavy atom. The monoisotopic (exact) mass is 284 g/mol. The van der Waals surface area contributed by atoms with E-state index in [1.54, 1.807) is 23.3 Å². The van der Waals surface area contributed by atoms with Gasteiger partial charge in [0.25, 0.3) is 0 Å². The lowest BCUT2D eigenvalue weighted by atomic mass is 10.1. The molecule has 1 saturated heterocycles. The Hall–Kier alpha value is -2.30. The lowest BCUT2D eigenvalue weighted by molar-refractivity contribution is -0.116. The fourth-order valence-electron chi connectivity index (χ4n) is 2.79. The Bertz CT molecular complexity index is 615. The van der Waals surface area contributed by atoms with Crippen LogP contribution in [0.5, 0.6) is 0 Å². The molecule has 0 radical (unpaired) electrons. The molecular weight excluding hydrogens is 264 g/mol. The van der Waals surface area contributed by atoms with E-state index in [9.17, 15) is 4.79 Å². The van der Waals surface area contributed by atoms with Crippen molar-refractivity contribution in [3.05, 3.63) is 42.5 Å². The van der Waals surface area contributed by atoms with Crippen LogP contribution in [0.2, 0.25) is 0 Å². The third kappa shape index (κ3) is 3.24. The van der Waals surface area contributed by atoms with Gasteiger partial charge in [-0.3, -0.25) is 4.79 Å². The van der Waals surface area contributed by atoms with E-state index in [1.807, 2.05) is 12.1 Å². The maximum atomic E-state index is 12.0. The van der Waals surface area contributed by atoms with Crippen molar-refractivity contribution in [3.63, 3.8) is 0 Å². The number of anilines is 2. The van der Waals surface area contributed by atoms with Crippen molar-refractivity contribution in [2.75, 3.05) is 23.3 Å². The second kappa shape index (κ2) is 5.99. The summed E-state index contributed by atoms with van der Waals surface area (Å²) in [6, 6.07) is 6.12. The number of imidazole rings is 1. The Balaban J connectivity index is 1.66. The number of hydrogen-bond donors (Lipinski definition) is 1. The van der Waals surface area contributed by atoms with Gasteiger partial charge in [0.05, 0.1) is 6.33 Å². The molecular formula is C16H20N4O. The van der Waals surface area contributed by atoms with Crippen LogP contribution in [0.15, 0.2) is 36.9 Å². The number of aryl methyl sites for hydroxylation is 1. The first kappa shape index (κ1) is 13.7. The Kier molecular flexibility index (Phi) is 3.90. The highest BCUT2D eigenvalue weighted by atomic mass is 16.1. The molecule has 0 saturated carbocycles. The smallest absolute Gasteiger partial charge is 0.244 e. The van der Waals surface area contributed by atoms with Crippen LogP contribution in [-0.4, -0.2) is 28.5 Å². The zero-order valence-corrected chi connectivity index (χ0v) is 12.2. The third-order valence-corrected chi connectivity index (χ3v) is 3.81. The molecule has 1 aliphatic rings. The van der Waals surface area contributed by atoms with Crippen LogP contribution in [0.4, 0.5) is 11.4 Å². The predicted molar refractivity (Wildman–Crippen MR) is 83.5 cm³/mol. The summed E-state index contributed by atoms with van der Waals surface area (Å²) in [5.74, 6) is -0.0404. The lowest BCUT2D eigenvalue weighted by Crippen LogP contribution is -2.20. The van der Waals surface area contributed by atoms with E-state index in [0.29, 0.717) is 0 Å². The van der Waals surface area contributed by atoms with Crippen LogP contribution < -0.4 is 10.2 Å². The Morgan fingerprint density at radius 1 is 1.33 bits per heavy atom. The van der Waals surface area contributed by atoms with Gasteiger partial charge >= 0.3 is 0 Å². The molecule has 2 aromatic rings. The van der Waals surface area contributed by atoms with Crippen LogP contribution in [0.3, 0.4) is 0 Å². The molecule has 1 N–H and O–H groups in total. The van der Waals surface area contributed by atoms with Gasteiger partial charge in [-0.1, -0.05) is 0 Å². The lowest BCUT2D eigenvalue weighted by Gasteiger charge is -2.20. The van der Waals surface area contributed by atoms with Crippen LogP contribution in [0.1, 0.15) is 18.4 Å². The Labute approximate surface area is 124 Å². The molecule has 110 valence electrons. The summed E-state index contributed by atoms with van der Waals surface area (Å²) in [6.07, 6.45) is 7.62. The molecule has 2 heterocycles. The minimum Gasteiger partial charge on any atom is -0.371 e. The molecule has 0 spiro atoms. The van der Waals surface area contributed by atoms with Crippen molar-refractivity contribution in [2.24, 2.45) is 0 Å². The quantitative estimate of drug-likeness (QED) is 0.938. The van der Waals surface area contributed by atoms with Crippen molar-refractivity contribution in [1.29, 1.82) is 0 Å². The highest BCUT2D eigenvalue weighted by Gasteiger charge is 2.14. The van der Waals surface area contributed by atoms with Crippen molar-refractivity contribution < 1.29 is 4.79 Å². The van der Waals surface area contributed by atoms with Crippen molar-refractivity contribution in [3.8, 4) is 0 Å². The van der Waals surface area contributed by atoms with Gasteiger partial charge in [0.1, 0.15) is 6.54 Å². The zero-order valence-electron chi connectivity index (χ0n) is 12.2. The number of carbonyl (C=O) groups excluding carboxylic acids is 1. The SMILES string of the molecule is Cc1cc(NC(=O)Cn2ccnc2)ccc1N1CCCC1. The van der Waals surface area contributed by atoms with Crippen LogP contribution in [0.25, 0.3) is 0 Å². The van der Waals surface area contributed by atoms with Crippen LogP contribution in [0, 0.1) is 6.92 Å². The fourth-order valence-corrected chi connectivity index (χ4v) is 2.79. The molecule has 0 aliphatic carbocycles. The average molecular weight is 284 g/mol. The van der Waals surface area contributed by atoms with Crippen LogP contribution >= 0.6 is 0 Å². The third-order valence-electron chi connectivity index (χ3n) is 3.81. The maximum absolute atomic E-state index is 12.0. The minimum atomic E-state index is -0.0404. The van der Waals surface area contributed by atoms with Crippen molar-refractivity contribution >= 4 is 17.3 Å². The first-order valence-corrected chi connectivity index (χ1v) is 7.33. The minimum absolute atomic E-state index is 0.0404. The number of nitrogens with zero attached hydrogens (tertiary/aromatic N) is 3. The summed E-state index contributed by atoms with van der Waals surface area (Å²) < 4.78 is 1.75. The summed E-state index contributed by atoms with van der Waals surface area (Å²) in [4.78, 5) is 18.3. The van der Waals surface area contributed by atoms with Gasteiger partial charge in [-0.05, 0) is 43.5 Å². The first-order valence-electron chi connectivity index (χ1n) is 7.33. The number of amides is 1. The number of benzene rings is 1. The molecule has 1 aromatic carbocycles. The molecule has 0 unspecified atom stereocenters. The van der Waals surface area contributed by atoms with E-state index in [0.717, 1.165) is 18.8 Å². The predicted octanol–water partition coefficient (Wildman–Crippen LogP) is 2.43. The first-order chi connectivity index (χ1) is 10.2. The van der Waals surface area contributed by atoms with E-state index in [2.05, 4.69) is 28.2 Å². The molecule has 1 fully saturated rings. The molecule has 21 heavy (non-hydrogen) atoms. The van der Waals surface area contributed by atoms with Gasteiger partial charge in [-0.15, -0.1) is 0 Å². The number of rotatable bonds is 4. The molecule has 0 bridgehead atoms. The summed E-state index contributed by atoms with van der Waals surface area (Å²) in [5.41, 5.74) is 3.33. The number of hydrogen-bond acceptors (Lipinski definition) is 3. The van der Waals surface area contributed by atoms with Crippen molar-refractivity contribution in [2.45, 2.75) is 26.3 Å². The molecule has 3 rings (SSSR count). The van der Waals surface area contributed by atoms with E-state index >= 15 is 0 Å². The van der Waals surface area contributed by atoms with Gasteiger partial charge in [0.15, 0.2) is 0 Å². The largest absolute Gasteiger partial charge is 0.371 e. The van der Waals surface area contributed by atoms with Gasteiger partial charge in [-0.25, -0.2) is 4.98 Å². The summed E-state index contributed by atoms with van der Waals surface area (Å²) >= 11 is 0. The number of carbonyl (C=O) groups is 1. The molecule has 1 aromatic heterocycles. The van der Waals surface area contributed by atoms with E-state index in [-0.39, 0.29) is 12.5 Å². The van der Waals surface area contributed by atoms with Gasteiger partial charge in [-0.2, -0.15) is 0 Å².